The average molecular weight is 525 g/mol. The van der Waals surface area contributed by atoms with Gasteiger partial charge in [0.15, 0.2) is 0 Å². The first-order chi connectivity index (χ1) is 18.6. The fraction of sp³-hybridized carbons (Fsp3) is 0.179. The first kappa shape index (κ1) is 25.5. The maximum atomic E-state index is 12.9. The molecule has 0 spiro atoms. The minimum Gasteiger partial charge on any atom is -0.457 e. The summed E-state index contributed by atoms with van der Waals surface area (Å²) in [5, 5.41) is 13.1. The Hall–Kier alpha value is -5.19. The number of anilines is 3. The number of imidazole rings is 1. The summed E-state index contributed by atoms with van der Waals surface area (Å²) in [6, 6.07) is 17.4. The average Bonchev–Trinajstić information content (AvgIpc) is 3.51. The van der Waals surface area contributed by atoms with Crippen LogP contribution in [0.3, 0.4) is 0 Å². The van der Waals surface area contributed by atoms with E-state index in [-0.39, 0.29) is 11.3 Å². The molecule has 0 radical (unpaired) electrons. The van der Waals surface area contributed by atoms with Crippen molar-refractivity contribution in [1.82, 2.24) is 24.7 Å². The Labute approximate surface area is 224 Å². The van der Waals surface area contributed by atoms with Gasteiger partial charge in [-0.2, -0.15) is 5.10 Å². The number of hydrogen-bond acceptors (Lipinski definition) is 6. The fourth-order valence-electron chi connectivity index (χ4n) is 3.83. The number of H-pyrrole nitrogens is 1. The number of nitrogens with one attached hydrogen (secondary N) is 4. The summed E-state index contributed by atoms with van der Waals surface area (Å²) in [7, 11) is 0. The highest BCUT2D eigenvalue weighted by Gasteiger charge is 2.22. The number of fused-ring (bicyclic) bond motifs is 1. The number of amides is 3. The van der Waals surface area contributed by atoms with E-state index in [1.54, 1.807) is 53.6 Å². The van der Waals surface area contributed by atoms with E-state index in [1.165, 1.54) is 6.92 Å². The summed E-state index contributed by atoms with van der Waals surface area (Å²) in [6.45, 7) is 7.61. The lowest BCUT2D eigenvalue weighted by Crippen LogP contribution is -2.21. The van der Waals surface area contributed by atoms with Gasteiger partial charge in [0.2, 0.25) is 5.91 Å². The highest BCUT2D eigenvalue weighted by Crippen LogP contribution is 2.28. The fourth-order valence-corrected chi connectivity index (χ4v) is 3.83. The standard InChI is InChI=1S/C28H28N8O3/c1-17(37)32-25-14-21(11-12-29-25)39-20-8-5-18(6-9-20)33-27(38)34-26-15-24(28(2,3)4)35-36(26)19-7-10-22-23(13-19)31-16-30-22/h5-16H,1-4H3,(H,30,31)(H,29,32,37)(H2,33,34,38). The topological polar surface area (TPSA) is 139 Å². The molecule has 3 aromatic heterocycles. The van der Waals surface area contributed by atoms with Gasteiger partial charge in [0.05, 0.1) is 28.7 Å². The zero-order chi connectivity index (χ0) is 27.6. The monoisotopic (exact) mass is 524 g/mol. The molecule has 5 rings (SSSR count). The summed E-state index contributed by atoms with van der Waals surface area (Å²) in [6.07, 6.45) is 3.19. The van der Waals surface area contributed by atoms with Crippen molar-refractivity contribution in [3.8, 4) is 17.2 Å². The highest BCUT2D eigenvalue weighted by atomic mass is 16.5. The molecule has 0 saturated carbocycles. The summed E-state index contributed by atoms with van der Waals surface area (Å²) in [5.74, 6) is 1.78. The van der Waals surface area contributed by atoms with E-state index in [9.17, 15) is 9.59 Å². The number of carbonyl (C=O) groups excluding carboxylic acids is 2. The maximum Gasteiger partial charge on any atom is 0.324 e. The summed E-state index contributed by atoms with van der Waals surface area (Å²) >= 11 is 0. The van der Waals surface area contributed by atoms with Crippen LogP contribution in [0.15, 0.2) is 73.2 Å². The second-order valence-electron chi connectivity index (χ2n) is 9.94. The van der Waals surface area contributed by atoms with Crippen molar-refractivity contribution in [2.24, 2.45) is 0 Å². The molecule has 39 heavy (non-hydrogen) atoms. The molecule has 11 nitrogen and oxygen atoms in total. The van der Waals surface area contributed by atoms with Gasteiger partial charge in [-0.05, 0) is 48.5 Å². The molecular formula is C28H28N8O3. The van der Waals surface area contributed by atoms with E-state index in [0.717, 1.165) is 22.4 Å². The number of urea groups is 1. The Kier molecular flexibility index (Phi) is 6.72. The Balaban J connectivity index is 1.30. The van der Waals surface area contributed by atoms with Crippen molar-refractivity contribution >= 4 is 40.3 Å². The van der Waals surface area contributed by atoms with Crippen LogP contribution in [-0.4, -0.2) is 36.7 Å². The number of aromatic amines is 1. The van der Waals surface area contributed by atoms with E-state index in [4.69, 9.17) is 9.84 Å². The minimum atomic E-state index is -0.416. The number of ether oxygens (including phenoxy) is 1. The molecule has 0 aliphatic rings. The minimum absolute atomic E-state index is 0.218. The van der Waals surface area contributed by atoms with E-state index < -0.39 is 6.03 Å². The van der Waals surface area contributed by atoms with Crippen LogP contribution in [0, 0.1) is 0 Å². The molecule has 0 aliphatic carbocycles. The molecule has 3 amide bonds. The molecule has 0 unspecified atom stereocenters. The van der Waals surface area contributed by atoms with E-state index in [2.05, 4.69) is 51.7 Å². The molecule has 11 heteroatoms. The Morgan fingerprint density at radius 1 is 0.897 bits per heavy atom. The van der Waals surface area contributed by atoms with Crippen LogP contribution in [0.4, 0.5) is 22.1 Å². The third-order valence-electron chi connectivity index (χ3n) is 5.75. The number of benzene rings is 2. The van der Waals surface area contributed by atoms with Crippen LogP contribution in [0.5, 0.6) is 11.5 Å². The van der Waals surface area contributed by atoms with Gasteiger partial charge in [0.25, 0.3) is 0 Å². The smallest absolute Gasteiger partial charge is 0.324 e. The van der Waals surface area contributed by atoms with Gasteiger partial charge in [0.1, 0.15) is 23.1 Å². The van der Waals surface area contributed by atoms with Gasteiger partial charge < -0.3 is 20.4 Å². The van der Waals surface area contributed by atoms with Crippen LogP contribution in [-0.2, 0) is 10.2 Å². The zero-order valence-electron chi connectivity index (χ0n) is 21.9. The SMILES string of the molecule is CC(=O)Nc1cc(Oc2ccc(NC(=O)Nc3cc(C(C)(C)C)nn3-c3ccc4[nH]cnc4c3)cc2)ccn1. The molecule has 0 atom stereocenters. The number of pyridine rings is 1. The molecule has 5 aromatic rings. The van der Waals surface area contributed by atoms with Crippen LogP contribution in [0.1, 0.15) is 33.4 Å². The van der Waals surface area contributed by atoms with Gasteiger partial charge in [-0.15, -0.1) is 0 Å². The van der Waals surface area contributed by atoms with Gasteiger partial charge in [0, 0.05) is 36.4 Å². The third-order valence-corrected chi connectivity index (χ3v) is 5.75. The molecule has 0 bridgehead atoms. The third kappa shape index (κ3) is 6.04. The van der Waals surface area contributed by atoms with Crippen LogP contribution >= 0.6 is 0 Å². The number of carbonyl (C=O) groups is 2. The summed E-state index contributed by atoms with van der Waals surface area (Å²) in [4.78, 5) is 35.7. The Bertz CT molecular complexity index is 1650. The molecule has 0 aliphatic heterocycles. The second-order valence-corrected chi connectivity index (χ2v) is 9.94. The number of hydrogen-bond donors (Lipinski definition) is 4. The quantitative estimate of drug-likeness (QED) is 0.220. The first-order valence-corrected chi connectivity index (χ1v) is 12.3. The van der Waals surface area contributed by atoms with E-state index in [1.807, 2.05) is 24.3 Å². The lowest BCUT2D eigenvalue weighted by molar-refractivity contribution is -0.114. The molecule has 4 N–H and O–H groups in total. The van der Waals surface area contributed by atoms with Crippen molar-refractivity contribution in [1.29, 1.82) is 0 Å². The highest BCUT2D eigenvalue weighted by molar-refractivity contribution is 5.99. The first-order valence-electron chi connectivity index (χ1n) is 12.3. The van der Waals surface area contributed by atoms with Gasteiger partial charge in [-0.3, -0.25) is 10.1 Å². The van der Waals surface area contributed by atoms with E-state index >= 15 is 0 Å². The molecule has 198 valence electrons. The normalized spacial score (nSPS) is 11.3. The van der Waals surface area contributed by atoms with E-state index in [0.29, 0.717) is 28.8 Å². The predicted octanol–water partition coefficient (Wildman–Crippen LogP) is 5.84. The van der Waals surface area contributed by atoms with Crippen LogP contribution in [0.25, 0.3) is 16.7 Å². The lowest BCUT2D eigenvalue weighted by atomic mass is 9.92. The van der Waals surface area contributed by atoms with Crippen LogP contribution < -0.4 is 20.7 Å². The molecule has 3 heterocycles. The molecule has 0 saturated heterocycles. The molecule has 0 fully saturated rings. The maximum absolute atomic E-state index is 12.9. The molecule has 2 aromatic carbocycles. The second kappa shape index (κ2) is 10.3. The summed E-state index contributed by atoms with van der Waals surface area (Å²) < 4.78 is 7.55. The van der Waals surface area contributed by atoms with Crippen molar-refractivity contribution in [3.05, 3.63) is 78.9 Å². The number of rotatable bonds is 6. The Morgan fingerprint density at radius 3 is 2.44 bits per heavy atom. The lowest BCUT2D eigenvalue weighted by Gasteiger charge is -2.14. The number of aromatic nitrogens is 5. The van der Waals surface area contributed by atoms with Crippen molar-refractivity contribution in [2.45, 2.75) is 33.1 Å². The zero-order valence-corrected chi connectivity index (χ0v) is 21.9. The largest absolute Gasteiger partial charge is 0.457 e. The predicted molar refractivity (Wildman–Crippen MR) is 150 cm³/mol. The van der Waals surface area contributed by atoms with Crippen molar-refractivity contribution in [3.63, 3.8) is 0 Å². The van der Waals surface area contributed by atoms with Gasteiger partial charge in [-0.25, -0.2) is 19.4 Å². The summed E-state index contributed by atoms with van der Waals surface area (Å²) in [5.41, 5.74) is 3.68. The van der Waals surface area contributed by atoms with Crippen molar-refractivity contribution < 1.29 is 14.3 Å². The van der Waals surface area contributed by atoms with Gasteiger partial charge in [-0.1, -0.05) is 20.8 Å². The van der Waals surface area contributed by atoms with Gasteiger partial charge >= 0.3 is 6.03 Å². The number of nitrogens with zero attached hydrogens (tertiary/aromatic N) is 4. The van der Waals surface area contributed by atoms with Crippen molar-refractivity contribution in [2.75, 3.05) is 16.0 Å². The Morgan fingerprint density at radius 2 is 1.69 bits per heavy atom. The molecular weight excluding hydrogens is 496 g/mol. The van der Waals surface area contributed by atoms with Crippen LogP contribution in [0.2, 0.25) is 0 Å².